The van der Waals surface area contributed by atoms with Crippen molar-refractivity contribution in [3.8, 4) is 0 Å². The first-order chi connectivity index (χ1) is 9.90. The molecule has 0 radical (unpaired) electrons. The first-order valence-corrected chi connectivity index (χ1v) is 10.0. The highest BCUT2D eigenvalue weighted by molar-refractivity contribution is 9.10. The fourth-order valence-corrected chi connectivity index (χ4v) is 6.05. The molecule has 2 heterocycles. The zero-order valence-corrected chi connectivity index (χ0v) is 15.3. The molecule has 2 atom stereocenters. The van der Waals surface area contributed by atoms with E-state index in [1.54, 1.807) is 0 Å². The lowest BCUT2D eigenvalue weighted by Crippen LogP contribution is -2.46. The van der Waals surface area contributed by atoms with Crippen LogP contribution in [0, 0.1) is 0 Å². The molecule has 1 N–H and O–H groups in total. The Morgan fingerprint density at radius 1 is 1.48 bits per heavy atom. The molecule has 5 nitrogen and oxygen atoms in total. The lowest BCUT2D eigenvalue weighted by Gasteiger charge is -2.30. The Labute approximate surface area is 135 Å². The molecule has 0 aliphatic carbocycles. The highest BCUT2D eigenvalue weighted by Crippen LogP contribution is 2.27. The average molecular weight is 378 g/mol. The van der Waals surface area contributed by atoms with Crippen LogP contribution in [0.4, 0.5) is 0 Å². The van der Waals surface area contributed by atoms with Gasteiger partial charge in [0.05, 0.1) is 26.9 Å². The van der Waals surface area contributed by atoms with Crippen LogP contribution in [-0.2, 0) is 29.7 Å². The van der Waals surface area contributed by atoms with E-state index in [2.05, 4.69) is 33.3 Å². The second kappa shape index (κ2) is 6.79. The number of nitrogens with zero attached hydrogens (tertiary/aromatic N) is 2. The molecule has 1 aromatic rings. The predicted molar refractivity (Wildman–Crippen MR) is 88.3 cm³/mol. The van der Waals surface area contributed by atoms with Crippen LogP contribution in [-0.4, -0.2) is 42.3 Å². The van der Waals surface area contributed by atoms with Gasteiger partial charge in [0.25, 0.3) is 0 Å². The molecule has 0 bridgehead atoms. The maximum atomic E-state index is 12.3. The normalized spacial score (nSPS) is 23.1. The number of hydrogen-bond donors (Lipinski definition) is 1. The quantitative estimate of drug-likeness (QED) is 0.849. The number of likely N-dealkylation sites (N-methyl/N-ethyl adjacent to an activating group) is 1. The molecule has 1 aromatic heterocycles. The first-order valence-electron chi connectivity index (χ1n) is 7.49. The number of hydrogen-bond acceptors (Lipinski definition) is 4. The molecule has 0 spiro atoms. The third-order valence-electron chi connectivity index (χ3n) is 4.36. The monoisotopic (exact) mass is 377 g/mol. The van der Waals surface area contributed by atoms with Crippen molar-refractivity contribution in [1.82, 2.24) is 15.1 Å². The fraction of sp³-hybridized carbons (Fsp3) is 0.786. The van der Waals surface area contributed by atoms with Crippen molar-refractivity contribution in [3.63, 3.8) is 0 Å². The third-order valence-corrected chi connectivity index (χ3v) is 7.62. The SMILES string of the molecule is CCc1nn(C)c(CC(NC)C2CCCCS2(=O)=O)c1Br. The van der Waals surface area contributed by atoms with E-state index in [1.807, 2.05) is 18.8 Å². The van der Waals surface area contributed by atoms with Gasteiger partial charge in [0, 0.05) is 19.5 Å². The molecule has 0 amide bonds. The Kier molecular flexibility index (Phi) is 5.48. The van der Waals surface area contributed by atoms with Crippen LogP contribution in [0.2, 0.25) is 0 Å². The van der Waals surface area contributed by atoms with E-state index >= 15 is 0 Å². The van der Waals surface area contributed by atoms with Gasteiger partial charge in [-0.1, -0.05) is 13.3 Å². The molecular weight excluding hydrogens is 354 g/mol. The molecule has 2 unspecified atom stereocenters. The maximum absolute atomic E-state index is 12.3. The van der Waals surface area contributed by atoms with Gasteiger partial charge in [-0.25, -0.2) is 8.42 Å². The molecule has 1 fully saturated rings. The summed E-state index contributed by atoms with van der Waals surface area (Å²) < 4.78 is 27.5. The molecule has 0 saturated carbocycles. The van der Waals surface area contributed by atoms with Crippen molar-refractivity contribution in [2.45, 2.75) is 50.3 Å². The molecule has 120 valence electrons. The van der Waals surface area contributed by atoms with Crippen molar-refractivity contribution < 1.29 is 8.42 Å². The Bertz CT molecular complexity index is 598. The minimum atomic E-state index is -2.99. The van der Waals surface area contributed by atoms with Crippen molar-refractivity contribution >= 4 is 25.8 Å². The molecular formula is C14H24BrN3O2S. The molecule has 21 heavy (non-hydrogen) atoms. The topological polar surface area (TPSA) is 64.0 Å². The molecule has 7 heteroatoms. The minimum Gasteiger partial charge on any atom is -0.315 e. The van der Waals surface area contributed by atoms with Gasteiger partial charge < -0.3 is 5.32 Å². The summed E-state index contributed by atoms with van der Waals surface area (Å²) in [7, 11) is 0.778. The Balaban J connectivity index is 2.25. The first kappa shape index (κ1) is 17.0. The van der Waals surface area contributed by atoms with Crippen LogP contribution in [0.3, 0.4) is 0 Å². The summed E-state index contributed by atoms with van der Waals surface area (Å²) in [5, 5.41) is 7.42. The van der Waals surface area contributed by atoms with Crippen molar-refractivity contribution in [1.29, 1.82) is 0 Å². The van der Waals surface area contributed by atoms with Gasteiger partial charge in [-0.15, -0.1) is 0 Å². The van der Waals surface area contributed by atoms with Crippen LogP contribution < -0.4 is 5.32 Å². The summed E-state index contributed by atoms with van der Waals surface area (Å²) in [5.74, 6) is 0.322. The molecule has 1 aliphatic rings. The lowest BCUT2D eigenvalue weighted by atomic mass is 10.0. The van der Waals surface area contributed by atoms with E-state index in [1.165, 1.54) is 0 Å². The van der Waals surface area contributed by atoms with Gasteiger partial charge in [0.15, 0.2) is 9.84 Å². The van der Waals surface area contributed by atoms with E-state index in [0.29, 0.717) is 12.2 Å². The van der Waals surface area contributed by atoms with E-state index < -0.39 is 9.84 Å². The second-order valence-corrected chi connectivity index (χ2v) is 8.82. The third kappa shape index (κ3) is 3.51. The summed E-state index contributed by atoms with van der Waals surface area (Å²) in [6.45, 7) is 2.07. The van der Waals surface area contributed by atoms with E-state index in [-0.39, 0.29) is 11.3 Å². The van der Waals surface area contributed by atoms with Crippen LogP contribution in [0.25, 0.3) is 0 Å². The minimum absolute atomic E-state index is 0.0632. The van der Waals surface area contributed by atoms with Crippen molar-refractivity contribution in [2.75, 3.05) is 12.8 Å². The fourth-order valence-electron chi connectivity index (χ4n) is 3.10. The smallest absolute Gasteiger partial charge is 0.154 e. The van der Waals surface area contributed by atoms with Gasteiger partial charge in [-0.2, -0.15) is 5.10 Å². The Hall–Kier alpha value is -0.400. The van der Waals surface area contributed by atoms with Crippen LogP contribution >= 0.6 is 15.9 Å². The molecule has 1 aliphatic heterocycles. The second-order valence-electron chi connectivity index (χ2n) is 5.69. The number of aromatic nitrogens is 2. The van der Waals surface area contributed by atoms with Crippen LogP contribution in [0.1, 0.15) is 37.6 Å². The number of aryl methyl sites for hydroxylation is 2. The number of sulfone groups is 1. The summed E-state index contributed by atoms with van der Waals surface area (Å²) >= 11 is 3.61. The van der Waals surface area contributed by atoms with Gasteiger partial charge in [0.2, 0.25) is 0 Å². The zero-order chi connectivity index (χ0) is 15.6. The zero-order valence-electron chi connectivity index (χ0n) is 12.9. The predicted octanol–water partition coefficient (Wildman–Crippen LogP) is 1.84. The maximum Gasteiger partial charge on any atom is 0.154 e. The van der Waals surface area contributed by atoms with Crippen LogP contribution in [0.5, 0.6) is 0 Å². The summed E-state index contributed by atoms with van der Waals surface area (Å²) in [6, 6.07) is -0.0632. The van der Waals surface area contributed by atoms with Gasteiger partial charge in [-0.3, -0.25) is 4.68 Å². The highest BCUT2D eigenvalue weighted by Gasteiger charge is 2.35. The van der Waals surface area contributed by atoms with E-state index in [9.17, 15) is 8.42 Å². The number of halogens is 1. The van der Waals surface area contributed by atoms with E-state index in [4.69, 9.17) is 0 Å². The summed E-state index contributed by atoms with van der Waals surface area (Å²) in [6.07, 6.45) is 4.08. The summed E-state index contributed by atoms with van der Waals surface area (Å²) in [4.78, 5) is 0. The van der Waals surface area contributed by atoms with Crippen molar-refractivity contribution in [2.24, 2.45) is 7.05 Å². The largest absolute Gasteiger partial charge is 0.315 e. The standard InChI is InChI=1S/C14H24BrN3O2S/c1-4-10-14(15)12(18(3)17-10)9-11(16-2)13-7-5-6-8-21(13,19)20/h11,13,16H,4-9H2,1-3H3. The highest BCUT2D eigenvalue weighted by atomic mass is 79.9. The van der Waals surface area contributed by atoms with E-state index in [0.717, 1.165) is 41.5 Å². The summed E-state index contributed by atoms with van der Waals surface area (Å²) in [5.41, 5.74) is 2.08. The molecule has 1 saturated heterocycles. The van der Waals surface area contributed by atoms with Gasteiger partial charge in [0.1, 0.15) is 0 Å². The molecule has 2 rings (SSSR count). The average Bonchev–Trinajstić information content (AvgIpc) is 2.71. The van der Waals surface area contributed by atoms with Gasteiger partial charge >= 0.3 is 0 Å². The lowest BCUT2D eigenvalue weighted by molar-refractivity contribution is 0.448. The molecule has 0 aromatic carbocycles. The van der Waals surface area contributed by atoms with Gasteiger partial charge in [-0.05, 0) is 42.2 Å². The number of nitrogens with one attached hydrogen (secondary N) is 1. The van der Waals surface area contributed by atoms with Crippen LogP contribution in [0.15, 0.2) is 4.47 Å². The number of rotatable bonds is 5. The Morgan fingerprint density at radius 3 is 2.71 bits per heavy atom. The van der Waals surface area contributed by atoms with Crippen molar-refractivity contribution in [3.05, 3.63) is 15.9 Å². The Morgan fingerprint density at radius 2 is 2.19 bits per heavy atom.